The van der Waals surface area contributed by atoms with Gasteiger partial charge in [0, 0.05) is 17.1 Å². The van der Waals surface area contributed by atoms with Crippen molar-refractivity contribution in [1.82, 2.24) is 9.97 Å². The number of nitrogens with zero attached hydrogens (tertiary/aromatic N) is 1. The molecule has 1 aromatic carbocycles. The molecule has 1 aliphatic carbocycles. The number of H-pyrrole nitrogens is 1. The first-order chi connectivity index (χ1) is 15.8. The zero-order valence-electron chi connectivity index (χ0n) is 19.3. The zero-order valence-corrected chi connectivity index (χ0v) is 19.3. The van der Waals surface area contributed by atoms with Gasteiger partial charge in [-0.1, -0.05) is 12.1 Å². The Hall–Kier alpha value is -2.79. The lowest BCUT2D eigenvalue weighted by Crippen LogP contribution is -2.41. The first kappa shape index (κ1) is 23.0. The molecule has 3 heterocycles. The number of benzene rings is 1. The standard InChI is InChI=1S/C23H26BF3N4O3/c1-21(2)22(3,4)34-24(33-21)12-7-8-13-15(9-12)30-17-14(19(28)32)10-29-20(16(13)17)31-18(11-5-6-11)23(25,26)27/h7-11,18,30H,5-6H2,1-4H3,(H2,28,32)(H,29,31)/t18-/m1/s1. The lowest BCUT2D eigenvalue weighted by atomic mass is 9.79. The fourth-order valence-electron chi connectivity index (χ4n) is 4.39. The van der Waals surface area contributed by atoms with Crippen LogP contribution in [-0.4, -0.2) is 46.4 Å². The molecule has 0 radical (unpaired) electrons. The second kappa shape index (κ2) is 7.35. The molecule has 1 saturated heterocycles. The van der Waals surface area contributed by atoms with Gasteiger partial charge < -0.3 is 25.3 Å². The van der Waals surface area contributed by atoms with Crippen molar-refractivity contribution in [2.45, 2.75) is 64.0 Å². The predicted octanol–water partition coefficient (Wildman–Crippen LogP) is 3.87. The summed E-state index contributed by atoms with van der Waals surface area (Å²) in [5, 5.41) is 3.61. The Morgan fingerprint density at radius 3 is 2.44 bits per heavy atom. The van der Waals surface area contributed by atoms with Crippen molar-refractivity contribution < 1.29 is 27.3 Å². The molecule has 5 rings (SSSR count). The quantitative estimate of drug-likeness (QED) is 0.488. The van der Waals surface area contributed by atoms with Crippen LogP contribution in [0.4, 0.5) is 19.0 Å². The van der Waals surface area contributed by atoms with E-state index in [4.69, 9.17) is 15.0 Å². The summed E-state index contributed by atoms with van der Waals surface area (Å²) in [4.78, 5) is 19.4. The van der Waals surface area contributed by atoms with Gasteiger partial charge in [0.15, 0.2) is 0 Å². The van der Waals surface area contributed by atoms with Gasteiger partial charge in [-0.05, 0) is 58.0 Å². The van der Waals surface area contributed by atoms with Crippen molar-refractivity contribution in [2.24, 2.45) is 11.7 Å². The fourth-order valence-corrected chi connectivity index (χ4v) is 4.39. The molecule has 1 aliphatic heterocycles. The van der Waals surface area contributed by atoms with E-state index < -0.39 is 42.4 Å². The minimum absolute atomic E-state index is 0.0591. The smallest absolute Gasteiger partial charge is 0.399 e. The number of anilines is 1. The van der Waals surface area contributed by atoms with E-state index in [0.29, 0.717) is 34.6 Å². The molecule has 11 heteroatoms. The molecule has 2 aliphatic rings. The molecule has 4 N–H and O–H groups in total. The molecule has 0 spiro atoms. The maximum Gasteiger partial charge on any atom is 0.494 e. The maximum absolute atomic E-state index is 13.7. The van der Waals surface area contributed by atoms with E-state index in [1.165, 1.54) is 6.20 Å². The van der Waals surface area contributed by atoms with Crippen LogP contribution in [0, 0.1) is 5.92 Å². The topological polar surface area (TPSA) is 102 Å². The van der Waals surface area contributed by atoms with Gasteiger partial charge >= 0.3 is 13.3 Å². The number of fused-ring (bicyclic) bond motifs is 3. The minimum Gasteiger partial charge on any atom is -0.399 e. The summed E-state index contributed by atoms with van der Waals surface area (Å²) in [5.74, 6) is -1.16. The van der Waals surface area contributed by atoms with Crippen LogP contribution in [0.15, 0.2) is 24.4 Å². The Morgan fingerprint density at radius 2 is 1.88 bits per heavy atom. The number of primary amides is 1. The molecule has 1 atom stereocenters. The number of hydrogen-bond donors (Lipinski definition) is 3. The first-order valence-corrected chi connectivity index (χ1v) is 11.2. The Bertz CT molecular complexity index is 1280. The van der Waals surface area contributed by atoms with Gasteiger partial charge in [0.25, 0.3) is 5.91 Å². The van der Waals surface area contributed by atoms with Crippen LogP contribution in [0.3, 0.4) is 0 Å². The number of carbonyl (C=O) groups is 1. The van der Waals surface area contributed by atoms with Crippen LogP contribution < -0.4 is 16.5 Å². The molecule has 2 fully saturated rings. The largest absolute Gasteiger partial charge is 0.494 e. The third-order valence-electron chi connectivity index (χ3n) is 7.18. The summed E-state index contributed by atoms with van der Waals surface area (Å²) < 4.78 is 53.3. The normalized spacial score (nSPS) is 20.7. The Labute approximate surface area is 194 Å². The second-order valence-electron chi connectivity index (χ2n) is 10.2. The molecule has 180 valence electrons. The molecular weight excluding hydrogens is 448 g/mol. The number of carbonyl (C=O) groups excluding carboxylic acids is 1. The summed E-state index contributed by atoms with van der Waals surface area (Å²) in [5.41, 5.74) is 6.27. The van der Waals surface area contributed by atoms with Crippen molar-refractivity contribution in [3.05, 3.63) is 30.0 Å². The molecule has 3 aromatic rings. The van der Waals surface area contributed by atoms with E-state index >= 15 is 0 Å². The van der Waals surface area contributed by atoms with E-state index in [1.807, 2.05) is 33.8 Å². The average molecular weight is 474 g/mol. The van der Waals surface area contributed by atoms with Crippen LogP contribution in [0.1, 0.15) is 50.9 Å². The highest BCUT2D eigenvalue weighted by Crippen LogP contribution is 2.43. The Morgan fingerprint density at radius 1 is 1.24 bits per heavy atom. The van der Waals surface area contributed by atoms with Gasteiger partial charge in [-0.3, -0.25) is 4.79 Å². The SMILES string of the molecule is CC1(C)OB(c2ccc3c(c2)[nH]c2c(C(N)=O)cnc(N[C@H](C4CC4)C(F)(F)F)c23)OC1(C)C. The molecule has 0 unspecified atom stereocenters. The highest BCUT2D eigenvalue weighted by atomic mass is 19.4. The maximum atomic E-state index is 13.7. The highest BCUT2D eigenvalue weighted by Gasteiger charge is 2.52. The fraction of sp³-hybridized carbons (Fsp3) is 0.478. The predicted molar refractivity (Wildman–Crippen MR) is 124 cm³/mol. The van der Waals surface area contributed by atoms with Gasteiger partial charge in [-0.15, -0.1) is 0 Å². The Balaban J connectivity index is 1.62. The number of rotatable bonds is 5. The molecule has 1 amide bonds. The van der Waals surface area contributed by atoms with E-state index in [2.05, 4.69) is 15.3 Å². The van der Waals surface area contributed by atoms with E-state index in [-0.39, 0.29) is 11.4 Å². The number of nitrogens with one attached hydrogen (secondary N) is 2. The number of pyridine rings is 1. The number of amides is 1. The summed E-state index contributed by atoms with van der Waals surface area (Å²) >= 11 is 0. The number of hydrogen-bond acceptors (Lipinski definition) is 5. The van der Waals surface area contributed by atoms with Crippen molar-refractivity contribution in [2.75, 3.05) is 5.32 Å². The average Bonchev–Trinajstić information content (AvgIpc) is 3.43. The first-order valence-electron chi connectivity index (χ1n) is 11.2. The number of nitrogens with two attached hydrogens (primary N) is 1. The van der Waals surface area contributed by atoms with Gasteiger partial charge in [0.2, 0.25) is 0 Å². The van der Waals surface area contributed by atoms with Crippen LogP contribution >= 0.6 is 0 Å². The van der Waals surface area contributed by atoms with Crippen LogP contribution in [0.5, 0.6) is 0 Å². The highest BCUT2D eigenvalue weighted by molar-refractivity contribution is 6.62. The zero-order chi connectivity index (χ0) is 24.6. The van der Waals surface area contributed by atoms with E-state index in [1.54, 1.807) is 12.1 Å². The lowest BCUT2D eigenvalue weighted by molar-refractivity contribution is -0.146. The summed E-state index contributed by atoms with van der Waals surface area (Å²) in [7, 11) is -0.614. The number of aromatic amines is 1. The minimum atomic E-state index is -4.42. The molecule has 0 bridgehead atoms. The van der Waals surface area contributed by atoms with Crippen LogP contribution in [0.25, 0.3) is 21.8 Å². The van der Waals surface area contributed by atoms with Crippen LogP contribution in [0.2, 0.25) is 0 Å². The summed E-state index contributed by atoms with van der Waals surface area (Å²) in [6.07, 6.45) is -2.21. The third-order valence-corrected chi connectivity index (χ3v) is 7.18. The Kier molecular flexibility index (Phi) is 4.97. The van der Waals surface area contributed by atoms with Gasteiger partial charge in [0.1, 0.15) is 11.9 Å². The van der Waals surface area contributed by atoms with Gasteiger partial charge in [-0.2, -0.15) is 13.2 Å². The molecule has 34 heavy (non-hydrogen) atoms. The van der Waals surface area contributed by atoms with E-state index in [0.717, 1.165) is 5.46 Å². The number of aromatic nitrogens is 2. The van der Waals surface area contributed by atoms with Gasteiger partial charge in [0.05, 0.1) is 27.7 Å². The monoisotopic (exact) mass is 474 g/mol. The number of alkyl halides is 3. The molecular formula is C23H26BF3N4O3. The lowest BCUT2D eigenvalue weighted by Gasteiger charge is -2.32. The molecule has 2 aromatic heterocycles. The summed E-state index contributed by atoms with van der Waals surface area (Å²) in [6.45, 7) is 7.81. The summed E-state index contributed by atoms with van der Waals surface area (Å²) in [6, 6.07) is 3.68. The molecule has 7 nitrogen and oxygen atoms in total. The van der Waals surface area contributed by atoms with Crippen molar-refractivity contribution in [1.29, 1.82) is 0 Å². The second-order valence-corrected chi connectivity index (χ2v) is 10.2. The van der Waals surface area contributed by atoms with Crippen LogP contribution in [-0.2, 0) is 9.31 Å². The van der Waals surface area contributed by atoms with Crippen molar-refractivity contribution in [3.63, 3.8) is 0 Å². The van der Waals surface area contributed by atoms with E-state index in [9.17, 15) is 18.0 Å². The molecule has 1 saturated carbocycles. The van der Waals surface area contributed by atoms with Crippen molar-refractivity contribution >= 4 is 46.1 Å². The van der Waals surface area contributed by atoms with Crippen molar-refractivity contribution in [3.8, 4) is 0 Å². The van der Waals surface area contributed by atoms with Gasteiger partial charge in [-0.25, -0.2) is 4.98 Å². The number of halogens is 3. The third kappa shape index (κ3) is 3.71.